The van der Waals surface area contributed by atoms with Crippen LogP contribution in [0.3, 0.4) is 0 Å². The number of amides is 2. The summed E-state index contributed by atoms with van der Waals surface area (Å²) in [6, 6.07) is 6.96. The molecule has 198 valence electrons. The van der Waals surface area contributed by atoms with Crippen molar-refractivity contribution in [1.82, 2.24) is 39.3 Å². The van der Waals surface area contributed by atoms with Gasteiger partial charge in [0.1, 0.15) is 30.7 Å². The number of anilines is 1. The highest BCUT2D eigenvalue weighted by Gasteiger charge is 2.33. The van der Waals surface area contributed by atoms with Gasteiger partial charge in [-0.2, -0.15) is 5.10 Å². The molecule has 0 saturated carbocycles. The minimum Gasteiger partial charge on any atom is -0.403 e. The average molecular weight is 529 g/mol. The highest BCUT2D eigenvalue weighted by Crippen LogP contribution is 2.34. The lowest BCUT2D eigenvalue weighted by atomic mass is 10.2. The van der Waals surface area contributed by atoms with Crippen LogP contribution in [0.4, 0.5) is 18.9 Å². The van der Waals surface area contributed by atoms with E-state index in [1.807, 2.05) is 7.05 Å². The van der Waals surface area contributed by atoms with E-state index >= 15 is 0 Å². The average Bonchev–Trinajstić information content (AvgIpc) is 3.54. The standard InChI is InChI=1S/C23H22F3N9O3/c1-32-5-7-33(8-6-32)21(36)12-35-11-15-9-18(19(10-17(15)31-35)38-23(24,25)26)30-22(37)16-3-2-4-20(29-16)34-13-27-28-14-34/h2-4,9-11,13-14H,5-8,12H2,1H3,(H,30,37). The number of carbonyl (C=O) groups excluding carboxylic acids is 2. The number of nitrogens with one attached hydrogen (secondary N) is 1. The van der Waals surface area contributed by atoms with Gasteiger partial charge in [0.2, 0.25) is 5.91 Å². The summed E-state index contributed by atoms with van der Waals surface area (Å²) in [4.78, 5) is 33.6. The Labute approximate surface area is 213 Å². The maximum Gasteiger partial charge on any atom is 0.573 e. The molecule has 0 aliphatic carbocycles. The van der Waals surface area contributed by atoms with Crippen LogP contribution in [0.5, 0.6) is 5.75 Å². The normalized spacial score (nSPS) is 14.6. The number of halogens is 3. The van der Waals surface area contributed by atoms with Crippen molar-refractivity contribution in [2.75, 3.05) is 38.5 Å². The number of hydrogen-bond donors (Lipinski definition) is 1. The minimum absolute atomic E-state index is 0.0530. The summed E-state index contributed by atoms with van der Waals surface area (Å²) in [7, 11) is 1.98. The van der Waals surface area contributed by atoms with Crippen LogP contribution in [-0.4, -0.2) is 90.7 Å². The zero-order valence-corrected chi connectivity index (χ0v) is 20.1. The quantitative estimate of drug-likeness (QED) is 0.402. The molecule has 0 spiro atoms. The van der Waals surface area contributed by atoms with Gasteiger partial charge in [-0.05, 0) is 25.2 Å². The fourth-order valence-corrected chi connectivity index (χ4v) is 3.98. The van der Waals surface area contributed by atoms with Crippen LogP contribution in [0.1, 0.15) is 10.5 Å². The molecule has 1 fully saturated rings. The third-order valence-electron chi connectivity index (χ3n) is 5.93. The Kier molecular flexibility index (Phi) is 6.67. The highest BCUT2D eigenvalue weighted by atomic mass is 19.4. The van der Waals surface area contributed by atoms with Gasteiger partial charge in [0, 0.05) is 43.8 Å². The predicted octanol–water partition coefficient (Wildman–Crippen LogP) is 1.94. The van der Waals surface area contributed by atoms with Gasteiger partial charge in [0.05, 0.1) is 11.2 Å². The number of likely N-dealkylation sites (N-methyl/N-ethyl adjacent to an activating group) is 1. The molecule has 1 aromatic carbocycles. The molecule has 5 rings (SSSR count). The number of carbonyl (C=O) groups is 2. The summed E-state index contributed by atoms with van der Waals surface area (Å²) in [5, 5.41) is 14.5. The third kappa shape index (κ3) is 5.72. The van der Waals surface area contributed by atoms with E-state index in [2.05, 4.69) is 35.2 Å². The molecule has 0 radical (unpaired) electrons. The van der Waals surface area contributed by atoms with Gasteiger partial charge in [-0.25, -0.2) is 4.98 Å². The van der Waals surface area contributed by atoms with E-state index in [-0.39, 0.29) is 29.3 Å². The molecule has 15 heteroatoms. The number of pyridine rings is 1. The molecule has 12 nitrogen and oxygen atoms in total. The highest BCUT2D eigenvalue weighted by molar-refractivity contribution is 6.05. The van der Waals surface area contributed by atoms with Gasteiger partial charge < -0.3 is 19.9 Å². The second-order valence-corrected chi connectivity index (χ2v) is 8.67. The number of ether oxygens (including phenoxy) is 1. The molecule has 1 N–H and O–H groups in total. The first-order chi connectivity index (χ1) is 18.1. The number of rotatable bonds is 6. The monoisotopic (exact) mass is 529 g/mol. The van der Waals surface area contributed by atoms with Crippen molar-refractivity contribution in [2.24, 2.45) is 0 Å². The van der Waals surface area contributed by atoms with Crippen molar-refractivity contribution in [3.8, 4) is 11.6 Å². The van der Waals surface area contributed by atoms with Crippen molar-refractivity contribution in [2.45, 2.75) is 12.9 Å². The molecule has 4 heterocycles. The van der Waals surface area contributed by atoms with Crippen LogP contribution < -0.4 is 10.1 Å². The zero-order chi connectivity index (χ0) is 26.9. The van der Waals surface area contributed by atoms with Gasteiger partial charge in [-0.3, -0.25) is 18.8 Å². The second-order valence-electron chi connectivity index (χ2n) is 8.67. The summed E-state index contributed by atoms with van der Waals surface area (Å²) in [5.74, 6) is -1.21. The van der Waals surface area contributed by atoms with E-state index in [9.17, 15) is 22.8 Å². The topological polar surface area (TPSA) is 123 Å². The maximum atomic E-state index is 13.2. The summed E-state index contributed by atoms with van der Waals surface area (Å²) >= 11 is 0. The fraction of sp³-hybridized carbons (Fsp3) is 0.304. The molecule has 1 aliphatic rings. The van der Waals surface area contributed by atoms with Crippen molar-refractivity contribution in [3.05, 3.63) is 54.9 Å². The van der Waals surface area contributed by atoms with E-state index in [4.69, 9.17) is 0 Å². The first-order valence-electron chi connectivity index (χ1n) is 11.5. The van der Waals surface area contributed by atoms with Crippen LogP contribution in [0.25, 0.3) is 16.7 Å². The van der Waals surface area contributed by atoms with E-state index in [1.165, 1.54) is 40.2 Å². The van der Waals surface area contributed by atoms with Gasteiger partial charge in [0.25, 0.3) is 5.91 Å². The third-order valence-corrected chi connectivity index (χ3v) is 5.93. The van der Waals surface area contributed by atoms with Gasteiger partial charge in [-0.15, -0.1) is 23.4 Å². The Hall–Kier alpha value is -4.53. The molecule has 0 unspecified atom stereocenters. The van der Waals surface area contributed by atoms with Crippen LogP contribution in [0.2, 0.25) is 0 Å². The number of nitrogens with zero attached hydrogens (tertiary/aromatic N) is 8. The van der Waals surface area contributed by atoms with Gasteiger partial charge >= 0.3 is 6.36 Å². The van der Waals surface area contributed by atoms with Crippen molar-refractivity contribution in [1.29, 1.82) is 0 Å². The molecule has 1 saturated heterocycles. The molecule has 0 atom stereocenters. The van der Waals surface area contributed by atoms with E-state index in [1.54, 1.807) is 17.0 Å². The molecular weight excluding hydrogens is 507 g/mol. The smallest absolute Gasteiger partial charge is 0.403 e. The number of aromatic nitrogens is 6. The van der Waals surface area contributed by atoms with Crippen molar-refractivity contribution in [3.63, 3.8) is 0 Å². The van der Waals surface area contributed by atoms with Crippen molar-refractivity contribution < 1.29 is 27.5 Å². The fourth-order valence-electron chi connectivity index (χ4n) is 3.98. The van der Waals surface area contributed by atoms with E-state index in [0.29, 0.717) is 24.3 Å². The number of alkyl halides is 3. The Morgan fingerprint density at radius 1 is 1.08 bits per heavy atom. The largest absolute Gasteiger partial charge is 0.573 e. The van der Waals surface area contributed by atoms with Crippen LogP contribution >= 0.6 is 0 Å². The summed E-state index contributed by atoms with van der Waals surface area (Å²) in [6.45, 7) is 2.61. The maximum absolute atomic E-state index is 13.2. The van der Waals surface area contributed by atoms with Crippen LogP contribution in [0.15, 0.2) is 49.2 Å². The summed E-state index contributed by atoms with van der Waals surface area (Å²) in [5.41, 5.74) is -0.120. The lowest BCUT2D eigenvalue weighted by Gasteiger charge is -2.32. The van der Waals surface area contributed by atoms with Crippen LogP contribution in [-0.2, 0) is 11.3 Å². The molecule has 3 aromatic heterocycles. The lowest BCUT2D eigenvalue weighted by Crippen LogP contribution is -2.48. The zero-order valence-electron chi connectivity index (χ0n) is 20.1. The first kappa shape index (κ1) is 25.1. The van der Waals surface area contributed by atoms with E-state index in [0.717, 1.165) is 19.2 Å². The molecule has 1 aliphatic heterocycles. The number of benzene rings is 1. The lowest BCUT2D eigenvalue weighted by molar-refractivity contribution is -0.274. The second kappa shape index (κ2) is 10.1. The Balaban J connectivity index is 1.40. The number of piperazine rings is 1. The molecule has 2 amide bonds. The number of fused-ring (bicyclic) bond motifs is 1. The molecule has 38 heavy (non-hydrogen) atoms. The van der Waals surface area contributed by atoms with Gasteiger partial charge in [0.15, 0.2) is 5.75 Å². The Morgan fingerprint density at radius 3 is 2.53 bits per heavy atom. The molecule has 4 aromatic rings. The molecule has 0 bridgehead atoms. The van der Waals surface area contributed by atoms with Crippen molar-refractivity contribution >= 4 is 28.4 Å². The number of hydrogen-bond acceptors (Lipinski definition) is 8. The summed E-state index contributed by atoms with van der Waals surface area (Å²) < 4.78 is 46.5. The minimum atomic E-state index is -5.01. The van der Waals surface area contributed by atoms with E-state index < -0.39 is 18.0 Å². The van der Waals surface area contributed by atoms with Crippen LogP contribution in [0, 0.1) is 0 Å². The summed E-state index contributed by atoms with van der Waals surface area (Å²) in [6.07, 6.45) is -0.709. The van der Waals surface area contributed by atoms with Gasteiger partial charge in [-0.1, -0.05) is 6.07 Å². The predicted molar refractivity (Wildman–Crippen MR) is 128 cm³/mol. The Bertz CT molecular complexity index is 1460. The SMILES string of the molecule is CN1CCN(C(=O)Cn2cc3cc(NC(=O)c4cccc(-n5cnnc5)n4)c(OC(F)(F)F)cc3n2)CC1. The Morgan fingerprint density at radius 2 is 1.82 bits per heavy atom. The molecular formula is C23H22F3N9O3. The first-order valence-corrected chi connectivity index (χ1v) is 11.5.